The molecule has 0 saturated carbocycles. The lowest BCUT2D eigenvalue weighted by Gasteiger charge is -2.16. The van der Waals surface area contributed by atoms with Gasteiger partial charge in [-0.15, -0.1) is 23.1 Å². The third kappa shape index (κ3) is 3.36. The molecule has 0 radical (unpaired) electrons. The first-order valence-electron chi connectivity index (χ1n) is 7.01. The highest BCUT2D eigenvalue weighted by Gasteiger charge is 2.26. The summed E-state index contributed by atoms with van der Waals surface area (Å²) in [6, 6.07) is 9.93. The van der Waals surface area contributed by atoms with Gasteiger partial charge in [-0.25, -0.2) is 0 Å². The van der Waals surface area contributed by atoms with Crippen LogP contribution >= 0.6 is 23.1 Å². The molecule has 0 bridgehead atoms. The number of aliphatic hydroxyl groups is 1. The number of thioether (sulfide) groups is 1. The molecule has 2 aromatic rings. The second-order valence-corrected chi connectivity index (χ2v) is 8.75. The average molecular weight is 379 g/mol. The summed E-state index contributed by atoms with van der Waals surface area (Å²) in [7, 11) is -3.83. The number of aliphatic hydroxyl groups excluding tert-OH is 1. The first kappa shape index (κ1) is 17.1. The fraction of sp³-hybridized carbons (Fsp3) is 0.125. The zero-order valence-corrected chi connectivity index (χ0v) is 14.8. The number of ketones is 1. The summed E-state index contributed by atoms with van der Waals surface area (Å²) in [5, 5.41) is 10.6. The maximum Gasteiger partial charge on any atom is 0.292 e. The monoisotopic (exact) mass is 379 g/mol. The van der Waals surface area contributed by atoms with E-state index in [0.29, 0.717) is 21.8 Å². The summed E-state index contributed by atoms with van der Waals surface area (Å²) in [5.41, 5.74) is 1.15. The van der Waals surface area contributed by atoms with Gasteiger partial charge in [0.05, 0.1) is 17.2 Å². The molecule has 5 nitrogen and oxygen atoms in total. The molecule has 1 aliphatic carbocycles. The zero-order chi connectivity index (χ0) is 17.2. The molecule has 0 aliphatic heterocycles. The van der Waals surface area contributed by atoms with E-state index in [1.54, 1.807) is 35.7 Å². The van der Waals surface area contributed by atoms with Crippen molar-refractivity contribution in [3.05, 3.63) is 63.9 Å². The van der Waals surface area contributed by atoms with Crippen molar-refractivity contribution in [3.8, 4) is 0 Å². The number of hydrogen-bond acceptors (Lipinski definition) is 6. The number of allylic oxidation sites excluding steroid dienone is 2. The Bertz CT molecular complexity index is 928. The number of carbonyl (C=O) groups is 1. The Labute approximate surface area is 147 Å². The maximum absolute atomic E-state index is 12.5. The molecule has 1 heterocycles. The van der Waals surface area contributed by atoms with Gasteiger partial charge in [-0.2, -0.15) is 12.8 Å². The quantitative estimate of drug-likeness (QED) is 0.864. The minimum atomic E-state index is -3.83. The molecule has 24 heavy (non-hydrogen) atoms. The summed E-state index contributed by atoms with van der Waals surface area (Å²) in [4.78, 5) is 12.9. The first-order chi connectivity index (χ1) is 11.5. The largest absolute Gasteiger partial charge is 0.396 e. The Balaban J connectivity index is 2.12. The van der Waals surface area contributed by atoms with Gasteiger partial charge in [-0.05, 0) is 17.5 Å². The van der Waals surface area contributed by atoms with Gasteiger partial charge in [0.1, 0.15) is 4.21 Å². The Hall–Kier alpha value is -1.74. The minimum Gasteiger partial charge on any atom is -0.396 e. The number of thiophene rings is 1. The van der Waals surface area contributed by atoms with E-state index in [1.165, 1.54) is 23.9 Å². The van der Waals surface area contributed by atoms with E-state index in [9.17, 15) is 13.2 Å². The van der Waals surface area contributed by atoms with Gasteiger partial charge in [-0.3, -0.25) is 4.79 Å². The topological polar surface area (TPSA) is 83.8 Å². The molecule has 0 spiro atoms. The predicted molar refractivity (Wildman–Crippen MR) is 96.4 cm³/mol. The lowest BCUT2D eigenvalue weighted by molar-refractivity contribution is 0.104. The molecule has 0 fully saturated rings. The second kappa shape index (κ2) is 7.02. The average Bonchev–Trinajstić information content (AvgIpc) is 3.12. The van der Waals surface area contributed by atoms with E-state index in [2.05, 4.69) is 4.40 Å². The fourth-order valence-electron chi connectivity index (χ4n) is 2.23. The van der Waals surface area contributed by atoms with Crippen molar-refractivity contribution in [1.82, 2.24) is 0 Å². The molecule has 124 valence electrons. The Kier molecular flexibility index (Phi) is 5.00. The Morgan fingerprint density at radius 1 is 1.12 bits per heavy atom. The lowest BCUT2D eigenvalue weighted by atomic mass is 9.94. The van der Waals surface area contributed by atoms with Crippen molar-refractivity contribution in [3.63, 3.8) is 0 Å². The molecule has 1 aliphatic rings. The van der Waals surface area contributed by atoms with E-state index >= 15 is 0 Å². The van der Waals surface area contributed by atoms with Gasteiger partial charge in [0, 0.05) is 16.9 Å². The molecule has 0 saturated heterocycles. The third-order valence-corrected chi connectivity index (χ3v) is 6.92. The third-order valence-electron chi connectivity index (χ3n) is 3.26. The molecule has 0 unspecified atom stereocenters. The number of fused-ring (bicyclic) bond motifs is 1. The van der Waals surface area contributed by atoms with Crippen LogP contribution in [0, 0.1) is 0 Å². The maximum atomic E-state index is 12.5. The van der Waals surface area contributed by atoms with Crippen LogP contribution in [0.2, 0.25) is 0 Å². The predicted octanol–water partition coefficient (Wildman–Crippen LogP) is 2.73. The fourth-order valence-corrected chi connectivity index (χ4v) is 4.94. The normalized spacial score (nSPS) is 16.1. The molecule has 0 atom stereocenters. The van der Waals surface area contributed by atoms with Gasteiger partial charge >= 0.3 is 0 Å². The summed E-state index contributed by atoms with van der Waals surface area (Å²) >= 11 is 2.28. The van der Waals surface area contributed by atoms with Gasteiger partial charge in [-0.1, -0.05) is 30.3 Å². The molecule has 1 aromatic carbocycles. The highest BCUT2D eigenvalue weighted by molar-refractivity contribution is 8.04. The second-order valence-electron chi connectivity index (χ2n) is 4.84. The van der Waals surface area contributed by atoms with Crippen LogP contribution in [0.5, 0.6) is 0 Å². The number of benzene rings is 1. The standard InChI is InChI=1S/C16H13NO4S3/c18-7-9-22-14-10-13(11-4-1-2-5-12(11)16(14)19)17-24(20,21)15-6-3-8-23-15/h1-6,8,10,18H,7,9H2. The zero-order valence-electron chi connectivity index (χ0n) is 12.4. The number of nitrogens with zero attached hydrogens (tertiary/aromatic N) is 1. The summed E-state index contributed by atoms with van der Waals surface area (Å²) < 4.78 is 29.0. The Morgan fingerprint density at radius 2 is 1.88 bits per heavy atom. The molecule has 3 rings (SSSR count). The Morgan fingerprint density at radius 3 is 2.54 bits per heavy atom. The van der Waals surface area contributed by atoms with Crippen LogP contribution < -0.4 is 0 Å². The van der Waals surface area contributed by atoms with Crippen molar-refractivity contribution in [2.45, 2.75) is 4.21 Å². The minimum absolute atomic E-state index is 0.0725. The summed E-state index contributed by atoms with van der Waals surface area (Å²) in [6.07, 6.45) is 1.48. The molecular weight excluding hydrogens is 366 g/mol. The number of Topliss-reactive ketones (excluding diaryl/α,β-unsaturated/α-hetero) is 1. The summed E-state index contributed by atoms with van der Waals surface area (Å²) in [5.74, 6) is 0.168. The van der Waals surface area contributed by atoms with Gasteiger partial charge < -0.3 is 5.11 Å². The van der Waals surface area contributed by atoms with Gasteiger partial charge in [0.15, 0.2) is 5.78 Å². The van der Waals surface area contributed by atoms with Crippen molar-refractivity contribution in [2.75, 3.05) is 12.4 Å². The van der Waals surface area contributed by atoms with Crippen molar-refractivity contribution in [2.24, 2.45) is 4.40 Å². The lowest BCUT2D eigenvalue weighted by Crippen LogP contribution is -2.17. The van der Waals surface area contributed by atoms with E-state index in [4.69, 9.17) is 5.11 Å². The molecule has 1 aromatic heterocycles. The number of hydrogen-bond donors (Lipinski definition) is 1. The molecule has 0 amide bonds. The molecular formula is C16H13NO4S3. The van der Waals surface area contributed by atoms with E-state index < -0.39 is 10.0 Å². The first-order valence-corrected chi connectivity index (χ1v) is 10.3. The van der Waals surface area contributed by atoms with E-state index in [0.717, 1.165) is 11.3 Å². The van der Waals surface area contributed by atoms with Gasteiger partial charge in [0.25, 0.3) is 10.0 Å². The van der Waals surface area contributed by atoms with Crippen LogP contribution in [0.3, 0.4) is 0 Å². The van der Waals surface area contributed by atoms with Crippen LogP contribution in [0.15, 0.2) is 61.4 Å². The SMILES string of the molecule is O=C1C(SCCO)=CC(=NS(=O)(=O)c2cccs2)c2ccccc21. The molecule has 8 heteroatoms. The van der Waals surface area contributed by atoms with Crippen molar-refractivity contribution >= 4 is 44.6 Å². The van der Waals surface area contributed by atoms with Gasteiger partial charge in [0.2, 0.25) is 0 Å². The van der Waals surface area contributed by atoms with Crippen LogP contribution in [-0.4, -0.2) is 37.4 Å². The smallest absolute Gasteiger partial charge is 0.292 e. The highest BCUT2D eigenvalue weighted by atomic mass is 32.2. The van der Waals surface area contributed by atoms with Crippen LogP contribution in [-0.2, 0) is 10.0 Å². The number of sulfonamides is 1. The molecule has 1 N–H and O–H groups in total. The number of carbonyl (C=O) groups excluding carboxylic acids is 1. The van der Waals surface area contributed by atoms with Crippen LogP contribution in [0.1, 0.15) is 15.9 Å². The number of rotatable bonds is 5. The van der Waals surface area contributed by atoms with Crippen LogP contribution in [0.4, 0.5) is 0 Å². The highest BCUT2D eigenvalue weighted by Crippen LogP contribution is 2.29. The summed E-state index contributed by atoms with van der Waals surface area (Å²) in [6.45, 7) is -0.0725. The van der Waals surface area contributed by atoms with Crippen molar-refractivity contribution in [1.29, 1.82) is 0 Å². The van der Waals surface area contributed by atoms with E-state index in [1.807, 2.05) is 0 Å². The van der Waals surface area contributed by atoms with Crippen LogP contribution in [0.25, 0.3) is 0 Å². The van der Waals surface area contributed by atoms with Crippen molar-refractivity contribution < 1.29 is 18.3 Å². The van der Waals surface area contributed by atoms with E-state index in [-0.39, 0.29) is 22.3 Å².